The van der Waals surface area contributed by atoms with Crippen molar-refractivity contribution in [1.82, 2.24) is 9.97 Å². The van der Waals surface area contributed by atoms with Crippen molar-refractivity contribution in [2.45, 2.75) is 229 Å². The Bertz CT molecular complexity index is 2440. The molecule has 0 bridgehead atoms. The molecule has 0 saturated heterocycles. The first-order valence-electron chi connectivity index (χ1n) is 27.6. The van der Waals surface area contributed by atoms with Gasteiger partial charge in [0.15, 0.2) is 22.4 Å². The number of nitrogens with zero attached hydrogens (tertiary/aromatic N) is 2. The molecule has 0 fully saturated rings. The van der Waals surface area contributed by atoms with Gasteiger partial charge in [-0.25, -0.2) is 4.98 Å². The summed E-state index contributed by atoms with van der Waals surface area (Å²) >= 11 is 0. The highest BCUT2D eigenvalue weighted by molar-refractivity contribution is 6.74. The molecular formula is C64H104N2O8Si2. The van der Waals surface area contributed by atoms with Crippen LogP contribution < -0.4 is 0 Å². The van der Waals surface area contributed by atoms with E-state index in [2.05, 4.69) is 126 Å². The zero-order valence-corrected chi connectivity index (χ0v) is 50.6. The fourth-order valence-electron chi connectivity index (χ4n) is 8.30. The molecule has 0 amide bonds. The lowest BCUT2D eigenvalue weighted by atomic mass is 9.98. The number of aliphatic hydroxyl groups excluding tert-OH is 1. The summed E-state index contributed by atoms with van der Waals surface area (Å²) in [5.41, 5.74) is 2.95. The van der Waals surface area contributed by atoms with Crippen molar-refractivity contribution >= 4 is 68.1 Å². The van der Waals surface area contributed by atoms with Crippen LogP contribution in [0.15, 0.2) is 72.8 Å². The van der Waals surface area contributed by atoms with Gasteiger partial charge in [0.05, 0.1) is 49.6 Å². The first-order chi connectivity index (χ1) is 34.8. The molecule has 10 nitrogen and oxygen atoms in total. The molecule has 2 aromatic carbocycles. The quantitative estimate of drug-likeness (QED) is 0.0254. The summed E-state index contributed by atoms with van der Waals surface area (Å²) in [4.78, 5) is 46.1. The van der Waals surface area contributed by atoms with Crippen molar-refractivity contribution < 1.29 is 37.8 Å². The first-order valence-corrected chi connectivity index (χ1v) is 33.5. The molecule has 2 heterocycles. The minimum Gasteiger partial charge on any atom is -0.469 e. The van der Waals surface area contributed by atoms with E-state index >= 15 is 0 Å². The van der Waals surface area contributed by atoms with Crippen LogP contribution in [0.4, 0.5) is 0 Å². The van der Waals surface area contributed by atoms with E-state index in [4.69, 9.17) is 28.3 Å². The van der Waals surface area contributed by atoms with Crippen LogP contribution in [-0.4, -0.2) is 75.9 Å². The van der Waals surface area contributed by atoms with E-state index in [9.17, 15) is 19.5 Å². The number of pyridine rings is 2. The van der Waals surface area contributed by atoms with Gasteiger partial charge in [0.1, 0.15) is 5.69 Å². The molecule has 426 valence electrons. The third kappa shape index (κ3) is 22.2. The number of unbranched alkanes of at least 4 members (excludes halogenated alkanes) is 4. The number of Topliss-reactive ketones (excluding diaryl/α,β-unsaturated/α-hetero) is 1. The standard InChI is InChI=1S/C31H49NO4Si.C31H47NO4Si.2CH4/c2*1-9-10-11-17-27(33)30-26-16-13-12-15-24(26)22-25(32-30)21-20-23(2)28(18-14-19-29(34)35-6)36-37(7,8)31(3,4)5;;/h12-13,15-16,20-23,27-28,33H,9-11,14,17-19H2,1-8H3;12-13,15-16,20-23,28H,9-11,14,17-19H2,1-8H3;2*1H4/b2*21-20+;;/t23-,27-,28+;23-,28+;;/m11../s1. The third-order valence-electron chi connectivity index (χ3n) is 15.2. The monoisotopic (exact) mass is 1080 g/mol. The van der Waals surface area contributed by atoms with E-state index < -0.39 is 22.7 Å². The van der Waals surface area contributed by atoms with Crippen LogP contribution in [0.3, 0.4) is 0 Å². The summed E-state index contributed by atoms with van der Waals surface area (Å²) < 4.78 is 23.3. The fourth-order valence-corrected chi connectivity index (χ4v) is 11.2. The number of esters is 2. The molecule has 5 atom stereocenters. The maximum atomic E-state index is 13.0. The molecule has 4 aromatic rings. The van der Waals surface area contributed by atoms with Crippen LogP contribution in [0.1, 0.15) is 208 Å². The summed E-state index contributed by atoms with van der Waals surface area (Å²) in [6.45, 7) is 31.2. The summed E-state index contributed by atoms with van der Waals surface area (Å²) in [6.07, 6.45) is 19.1. The number of fused-ring (bicyclic) bond motifs is 2. The van der Waals surface area contributed by atoms with Crippen LogP contribution in [0.5, 0.6) is 0 Å². The summed E-state index contributed by atoms with van der Waals surface area (Å²) in [6, 6.07) is 20.3. The SMILES string of the molecule is C.C.CCCCCC(=O)c1nc(/C=C/[C@@H](C)[C@H](CCCC(=O)OC)O[Si](C)(C)C(C)(C)C)cc2ccccc12.CCCCC[C@@H](O)c1nc(/C=C/[C@@H](C)[C@H](CCCC(=O)OC)O[Si](C)(C)C(C)(C)C)cc2ccccc12. The van der Waals surface area contributed by atoms with Crippen molar-refractivity contribution in [2.24, 2.45) is 11.8 Å². The zero-order valence-electron chi connectivity index (χ0n) is 48.6. The fraction of sp³-hybridized carbons (Fsp3) is 0.609. The molecule has 0 aliphatic heterocycles. The number of rotatable bonds is 28. The number of aromatic nitrogens is 2. The molecule has 12 heteroatoms. The van der Waals surface area contributed by atoms with Gasteiger partial charge in [-0.3, -0.25) is 19.4 Å². The first kappa shape index (κ1) is 69.7. The number of methoxy groups -OCH3 is 2. The largest absolute Gasteiger partial charge is 0.469 e. The number of benzene rings is 2. The van der Waals surface area contributed by atoms with Gasteiger partial charge in [-0.05, 0) is 122 Å². The highest BCUT2D eigenvalue weighted by Crippen LogP contribution is 2.40. The van der Waals surface area contributed by atoms with E-state index in [-0.39, 0.29) is 66.7 Å². The molecule has 0 radical (unpaired) electrons. The van der Waals surface area contributed by atoms with Crippen LogP contribution in [0.25, 0.3) is 33.7 Å². The molecule has 0 unspecified atom stereocenters. The Hall–Kier alpha value is -4.34. The van der Waals surface area contributed by atoms with Crippen molar-refractivity contribution in [3.63, 3.8) is 0 Å². The number of carbonyl (C=O) groups is 3. The van der Waals surface area contributed by atoms with E-state index in [0.717, 1.165) is 109 Å². The van der Waals surface area contributed by atoms with Gasteiger partial charge < -0.3 is 23.4 Å². The second-order valence-electron chi connectivity index (χ2n) is 23.4. The molecule has 0 spiro atoms. The van der Waals surface area contributed by atoms with Crippen LogP contribution in [0.2, 0.25) is 36.3 Å². The van der Waals surface area contributed by atoms with E-state index in [1.54, 1.807) is 0 Å². The number of hydrogen-bond acceptors (Lipinski definition) is 10. The minimum atomic E-state index is -2.01. The van der Waals surface area contributed by atoms with Gasteiger partial charge in [-0.2, -0.15) is 0 Å². The number of ketones is 1. The number of hydrogen-bond donors (Lipinski definition) is 1. The van der Waals surface area contributed by atoms with Gasteiger partial charge >= 0.3 is 11.9 Å². The second-order valence-corrected chi connectivity index (χ2v) is 32.9. The lowest BCUT2D eigenvalue weighted by Crippen LogP contribution is -2.45. The van der Waals surface area contributed by atoms with E-state index in [1.165, 1.54) is 14.2 Å². The van der Waals surface area contributed by atoms with E-state index in [0.29, 0.717) is 25.0 Å². The Kier molecular flexibility index (Phi) is 30.4. The molecule has 2 aromatic heterocycles. The van der Waals surface area contributed by atoms with Crippen molar-refractivity contribution in [2.75, 3.05) is 14.2 Å². The predicted octanol–water partition coefficient (Wildman–Crippen LogP) is 17.9. The van der Waals surface area contributed by atoms with Crippen molar-refractivity contribution in [3.8, 4) is 0 Å². The van der Waals surface area contributed by atoms with Gasteiger partial charge in [0.25, 0.3) is 0 Å². The second kappa shape index (κ2) is 33.2. The Morgan fingerprint density at radius 3 is 1.46 bits per heavy atom. The highest BCUT2D eigenvalue weighted by atomic mass is 28.4. The third-order valence-corrected chi connectivity index (χ3v) is 24.2. The molecule has 0 aliphatic rings. The van der Waals surface area contributed by atoms with Crippen LogP contribution in [0, 0.1) is 11.8 Å². The van der Waals surface area contributed by atoms with Gasteiger partial charge in [-0.1, -0.05) is 177 Å². The molecule has 4 rings (SSSR count). The summed E-state index contributed by atoms with van der Waals surface area (Å²) in [5.74, 6) is -0.0120. The van der Waals surface area contributed by atoms with Gasteiger partial charge in [-0.15, -0.1) is 0 Å². The van der Waals surface area contributed by atoms with Crippen LogP contribution in [-0.2, 0) is 27.9 Å². The lowest BCUT2D eigenvalue weighted by molar-refractivity contribution is -0.141. The lowest BCUT2D eigenvalue weighted by Gasteiger charge is -2.40. The van der Waals surface area contributed by atoms with Gasteiger partial charge in [0.2, 0.25) is 0 Å². The number of carbonyl (C=O) groups excluding carboxylic acids is 3. The average Bonchev–Trinajstić information content (AvgIpc) is 3.35. The Labute approximate surface area is 463 Å². The maximum absolute atomic E-state index is 13.0. The molecular weight excluding hydrogens is 981 g/mol. The minimum absolute atomic E-state index is 0. The molecule has 1 N–H and O–H groups in total. The average molecular weight is 1090 g/mol. The molecule has 0 saturated carbocycles. The van der Waals surface area contributed by atoms with Crippen molar-refractivity contribution in [1.29, 1.82) is 0 Å². The summed E-state index contributed by atoms with van der Waals surface area (Å²) in [7, 11) is -1.15. The predicted molar refractivity (Wildman–Crippen MR) is 327 cm³/mol. The Morgan fingerprint density at radius 1 is 0.592 bits per heavy atom. The number of ether oxygens (including phenoxy) is 2. The molecule has 76 heavy (non-hydrogen) atoms. The van der Waals surface area contributed by atoms with Crippen LogP contribution >= 0.6 is 0 Å². The zero-order chi connectivity index (χ0) is 55.3. The smallest absolute Gasteiger partial charge is 0.305 e. The summed E-state index contributed by atoms with van der Waals surface area (Å²) in [5, 5.41) is 15.2. The normalized spacial score (nSPS) is 14.3. The highest BCUT2D eigenvalue weighted by Gasteiger charge is 2.41. The van der Waals surface area contributed by atoms with Crippen molar-refractivity contribution in [3.05, 3.63) is 95.6 Å². The Balaban J connectivity index is 0.000000741. The maximum Gasteiger partial charge on any atom is 0.305 e. The topological polar surface area (TPSA) is 134 Å². The molecule has 0 aliphatic carbocycles. The van der Waals surface area contributed by atoms with E-state index in [1.807, 2.05) is 54.6 Å². The Morgan fingerprint density at radius 2 is 1.01 bits per heavy atom. The van der Waals surface area contributed by atoms with Gasteiger partial charge in [0, 0.05) is 30.0 Å². The number of aliphatic hydroxyl groups is 1.